The Morgan fingerprint density at radius 2 is 2.18 bits per heavy atom. The van der Waals surface area contributed by atoms with Crippen molar-refractivity contribution >= 4 is 5.97 Å². The lowest BCUT2D eigenvalue weighted by Gasteiger charge is -2.03. The highest BCUT2D eigenvalue weighted by atomic mass is 16.5. The van der Waals surface area contributed by atoms with Crippen LogP contribution in [0.3, 0.4) is 0 Å². The van der Waals surface area contributed by atoms with Crippen molar-refractivity contribution in [1.29, 1.82) is 0 Å². The van der Waals surface area contributed by atoms with Gasteiger partial charge in [-0.15, -0.1) is 0 Å². The van der Waals surface area contributed by atoms with Gasteiger partial charge in [0.05, 0.1) is 6.26 Å². The first-order valence-corrected chi connectivity index (χ1v) is 3.10. The van der Waals surface area contributed by atoms with Crippen LogP contribution in [-0.2, 0) is 9.53 Å². The van der Waals surface area contributed by atoms with Crippen LogP contribution in [0.2, 0.25) is 0 Å². The Morgan fingerprint density at radius 1 is 1.64 bits per heavy atom. The lowest BCUT2D eigenvalue weighted by molar-refractivity contribution is -0.137. The number of carboxylic acids is 1. The predicted octanol–water partition coefficient (Wildman–Crippen LogP) is -0.767. The largest absolute Gasteiger partial charge is 0.484 e. The minimum atomic E-state index is -1.10. The van der Waals surface area contributed by atoms with Crippen LogP contribution in [0.15, 0.2) is 12.3 Å². The molecule has 5 heteroatoms. The van der Waals surface area contributed by atoms with Gasteiger partial charge in [0.1, 0.15) is 12.3 Å². The summed E-state index contributed by atoms with van der Waals surface area (Å²) in [5.74, 6) is -1.10. The Hall–Kier alpha value is -1.07. The van der Waals surface area contributed by atoms with Gasteiger partial charge < -0.3 is 15.6 Å². The molecule has 0 spiro atoms. The van der Waals surface area contributed by atoms with E-state index in [2.05, 4.69) is 0 Å². The fraction of sp³-hybridized carbons (Fsp3) is 0.500. The summed E-state index contributed by atoms with van der Waals surface area (Å²) in [7, 11) is 0. The SMILES string of the molecule is CC(N)O/C=C/C(N)C(=O)O. The number of rotatable bonds is 4. The minimum absolute atomic E-state index is 0.452. The quantitative estimate of drug-likeness (QED) is 0.370. The zero-order valence-electron chi connectivity index (χ0n) is 6.23. The Balaban J connectivity index is 3.65. The van der Waals surface area contributed by atoms with E-state index >= 15 is 0 Å². The highest BCUT2D eigenvalue weighted by Crippen LogP contribution is 1.86. The minimum Gasteiger partial charge on any atom is -0.484 e. The molecule has 0 aliphatic rings. The van der Waals surface area contributed by atoms with Crippen LogP contribution in [-0.4, -0.2) is 23.3 Å². The van der Waals surface area contributed by atoms with Crippen molar-refractivity contribution in [1.82, 2.24) is 0 Å². The normalized spacial score (nSPS) is 16.3. The predicted molar refractivity (Wildman–Crippen MR) is 39.5 cm³/mol. The third-order valence-corrected chi connectivity index (χ3v) is 0.864. The van der Waals surface area contributed by atoms with Crippen molar-refractivity contribution in [3.05, 3.63) is 12.3 Å². The summed E-state index contributed by atoms with van der Waals surface area (Å²) in [6.45, 7) is 1.62. The molecule has 5 N–H and O–H groups in total. The fourth-order valence-electron chi connectivity index (χ4n) is 0.336. The summed E-state index contributed by atoms with van der Waals surface area (Å²) in [6.07, 6.45) is 1.95. The van der Waals surface area contributed by atoms with E-state index in [9.17, 15) is 4.79 Å². The number of hydrogen-bond acceptors (Lipinski definition) is 4. The molecule has 0 aliphatic heterocycles. The average molecular weight is 160 g/mol. The second-order valence-corrected chi connectivity index (χ2v) is 2.03. The van der Waals surface area contributed by atoms with Crippen LogP contribution < -0.4 is 11.5 Å². The molecule has 0 saturated heterocycles. The summed E-state index contributed by atoms with van der Waals surface area (Å²) < 4.78 is 4.72. The van der Waals surface area contributed by atoms with Gasteiger partial charge in [-0.3, -0.25) is 10.5 Å². The number of carbonyl (C=O) groups is 1. The molecular weight excluding hydrogens is 148 g/mol. The van der Waals surface area contributed by atoms with Crippen molar-refractivity contribution < 1.29 is 14.6 Å². The first-order valence-electron chi connectivity index (χ1n) is 3.10. The zero-order valence-corrected chi connectivity index (χ0v) is 6.23. The van der Waals surface area contributed by atoms with E-state index in [4.69, 9.17) is 21.3 Å². The van der Waals surface area contributed by atoms with E-state index in [0.29, 0.717) is 0 Å². The average Bonchev–Trinajstić information content (AvgIpc) is 1.86. The molecule has 0 radical (unpaired) electrons. The maximum absolute atomic E-state index is 10.1. The molecule has 5 nitrogen and oxygen atoms in total. The summed E-state index contributed by atoms with van der Waals surface area (Å²) in [5.41, 5.74) is 10.3. The van der Waals surface area contributed by atoms with Gasteiger partial charge >= 0.3 is 5.97 Å². The van der Waals surface area contributed by atoms with Crippen molar-refractivity contribution in [2.45, 2.75) is 19.2 Å². The van der Waals surface area contributed by atoms with Crippen molar-refractivity contribution in [3.63, 3.8) is 0 Å². The maximum Gasteiger partial charge on any atom is 0.324 e. The van der Waals surface area contributed by atoms with Gasteiger partial charge in [-0.05, 0) is 13.0 Å². The van der Waals surface area contributed by atoms with Crippen molar-refractivity contribution in [3.8, 4) is 0 Å². The maximum atomic E-state index is 10.1. The highest BCUT2D eigenvalue weighted by molar-refractivity contribution is 5.75. The van der Waals surface area contributed by atoms with Crippen LogP contribution in [0.1, 0.15) is 6.92 Å². The Bertz CT molecular complexity index is 156. The number of nitrogens with two attached hydrogens (primary N) is 2. The second kappa shape index (κ2) is 4.70. The van der Waals surface area contributed by atoms with Crippen molar-refractivity contribution in [2.24, 2.45) is 11.5 Å². The molecule has 0 aliphatic carbocycles. The summed E-state index contributed by atoms with van der Waals surface area (Å²) >= 11 is 0. The number of hydrogen-bond donors (Lipinski definition) is 3. The number of ether oxygens (including phenoxy) is 1. The van der Waals surface area contributed by atoms with E-state index in [1.165, 1.54) is 12.3 Å². The molecule has 2 atom stereocenters. The van der Waals surface area contributed by atoms with Gasteiger partial charge in [0.2, 0.25) is 0 Å². The van der Waals surface area contributed by atoms with Gasteiger partial charge in [-0.2, -0.15) is 0 Å². The molecule has 0 bridgehead atoms. The Labute approximate surface area is 64.6 Å². The molecular formula is C6H12N2O3. The monoisotopic (exact) mass is 160 g/mol. The summed E-state index contributed by atoms with van der Waals surface area (Å²) in [4.78, 5) is 10.1. The molecule has 0 fully saturated rings. The molecule has 0 aromatic heterocycles. The van der Waals surface area contributed by atoms with Gasteiger partial charge in [0.25, 0.3) is 0 Å². The Morgan fingerprint density at radius 3 is 2.55 bits per heavy atom. The van der Waals surface area contributed by atoms with E-state index in [-0.39, 0.29) is 0 Å². The molecule has 11 heavy (non-hydrogen) atoms. The van der Waals surface area contributed by atoms with Crippen LogP contribution in [0.5, 0.6) is 0 Å². The first kappa shape index (κ1) is 9.93. The van der Waals surface area contributed by atoms with E-state index in [1.807, 2.05) is 0 Å². The lowest BCUT2D eigenvalue weighted by Crippen LogP contribution is -2.27. The van der Waals surface area contributed by atoms with Crippen LogP contribution in [0.4, 0.5) is 0 Å². The number of aliphatic carboxylic acids is 1. The van der Waals surface area contributed by atoms with Gasteiger partial charge in [-0.25, -0.2) is 0 Å². The third kappa shape index (κ3) is 5.38. The summed E-state index contributed by atoms with van der Waals surface area (Å²) in [6, 6.07) is -1.03. The third-order valence-electron chi connectivity index (χ3n) is 0.864. The lowest BCUT2D eigenvalue weighted by atomic mass is 10.3. The molecule has 0 aromatic carbocycles. The van der Waals surface area contributed by atoms with E-state index < -0.39 is 18.2 Å². The van der Waals surface area contributed by atoms with E-state index in [0.717, 1.165) is 0 Å². The van der Waals surface area contributed by atoms with Gasteiger partial charge in [0, 0.05) is 0 Å². The molecule has 0 saturated carbocycles. The van der Waals surface area contributed by atoms with Crippen LogP contribution in [0, 0.1) is 0 Å². The zero-order chi connectivity index (χ0) is 8.85. The highest BCUT2D eigenvalue weighted by Gasteiger charge is 2.05. The van der Waals surface area contributed by atoms with Gasteiger partial charge in [0.15, 0.2) is 0 Å². The standard InChI is InChI=1S/C6H12N2O3/c1-4(7)11-3-2-5(8)6(9)10/h2-5H,7-8H2,1H3,(H,9,10)/b3-2+. The smallest absolute Gasteiger partial charge is 0.324 e. The van der Waals surface area contributed by atoms with Crippen LogP contribution in [0.25, 0.3) is 0 Å². The topological polar surface area (TPSA) is 98.6 Å². The second-order valence-electron chi connectivity index (χ2n) is 2.03. The molecule has 2 unspecified atom stereocenters. The van der Waals surface area contributed by atoms with Crippen molar-refractivity contribution in [2.75, 3.05) is 0 Å². The molecule has 0 heterocycles. The van der Waals surface area contributed by atoms with E-state index in [1.54, 1.807) is 6.92 Å². The van der Waals surface area contributed by atoms with Crippen LogP contribution >= 0.6 is 0 Å². The fourth-order valence-corrected chi connectivity index (χ4v) is 0.336. The van der Waals surface area contributed by atoms with Gasteiger partial charge in [-0.1, -0.05) is 0 Å². The first-order chi connectivity index (χ1) is 5.04. The molecule has 0 rings (SSSR count). The molecule has 0 amide bonds. The number of carboxylic acid groups (broad SMARTS) is 1. The summed E-state index contributed by atoms with van der Waals surface area (Å²) in [5, 5.41) is 8.28. The Kier molecular flexibility index (Phi) is 4.24. The molecule has 64 valence electrons. The molecule has 0 aromatic rings.